The Hall–Kier alpha value is -3.20. The molecule has 178 valence electrons. The number of carbonyl (C=O) groups is 2. The Balaban J connectivity index is 1.56. The van der Waals surface area contributed by atoms with Crippen molar-refractivity contribution in [2.75, 3.05) is 26.2 Å². The average Bonchev–Trinajstić information content (AvgIpc) is 2.86. The molecular formula is C25H27ClN4O4. The molecular weight excluding hydrogens is 456 g/mol. The number of aliphatic hydroxyl groups is 1. The van der Waals surface area contributed by atoms with Crippen LogP contribution in [0.1, 0.15) is 29.3 Å². The highest BCUT2D eigenvalue weighted by Crippen LogP contribution is 2.29. The number of halogens is 1. The van der Waals surface area contributed by atoms with Crippen molar-refractivity contribution in [1.29, 1.82) is 0 Å². The maximum absolute atomic E-state index is 13.2. The van der Waals surface area contributed by atoms with Gasteiger partial charge in [-0.1, -0.05) is 42.8 Å². The molecule has 0 spiro atoms. The van der Waals surface area contributed by atoms with Gasteiger partial charge in [0.25, 0.3) is 5.91 Å². The van der Waals surface area contributed by atoms with Crippen LogP contribution in [0.2, 0.25) is 5.02 Å². The number of rotatable bonds is 5. The summed E-state index contributed by atoms with van der Waals surface area (Å²) in [6, 6.07) is 14.4. The van der Waals surface area contributed by atoms with Crippen molar-refractivity contribution in [2.45, 2.75) is 26.1 Å². The molecule has 34 heavy (non-hydrogen) atoms. The van der Waals surface area contributed by atoms with Crippen LogP contribution in [-0.4, -0.2) is 64.3 Å². The maximum Gasteiger partial charge on any atom is 0.411 e. The molecule has 1 fully saturated rings. The molecule has 4 rings (SSSR count). The third-order valence-electron chi connectivity index (χ3n) is 5.78. The number of fused-ring (bicyclic) bond motifs is 1. The van der Waals surface area contributed by atoms with Gasteiger partial charge in [-0.25, -0.2) is 9.78 Å². The minimum absolute atomic E-state index is 0.0699. The molecule has 2 amide bonds. The van der Waals surface area contributed by atoms with Crippen LogP contribution >= 0.6 is 11.6 Å². The standard InChI is InChI=1S/C25H27ClN4O4/c1-2-10-34-25(33)30-9-8-29(14-23(30)27)24(32)18-6-7-19-20(26)13-21(28-22(19)12-18)17-5-3-4-16(11-17)15-31/h3-7,11-13,23,31H,2,8-10,14-15,27H2,1H3/t23-/m0/s1. The van der Waals surface area contributed by atoms with E-state index in [0.29, 0.717) is 41.5 Å². The van der Waals surface area contributed by atoms with E-state index in [2.05, 4.69) is 0 Å². The van der Waals surface area contributed by atoms with Gasteiger partial charge in [0.2, 0.25) is 0 Å². The molecule has 0 bridgehead atoms. The topological polar surface area (TPSA) is 109 Å². The van der Waals surface area contributed by atoms with Crippen LogP contribution < -0.4 is 5.73 Å². The summed E-state index contributed by atoms with van der Waals surface area (Å²) in [5.74, 6) is -0.190. The molecule has 2 aromatic carbocycles. The smallest absolute Gasteiger partial charge is 0.411 e. The zero-order valence-electron chi connectivity index (χ0n) is 18.9. The van der Waals surface area contributed by atoms with Gasteiger partial charge in [-0.3, -0.25) is 9.69 Å². The van der Waals surface area contributed by atoms with Crippen LogP contribution in [0.5, 0.6) is 0 Å². The zero-order chi connectivity index (χ0) is 24.2. The number of nitrogens with two attached hydrogens (primary N) is 1. The molecule has 3 aromatic rings. The first-order valence-corrected chi connectivity index (χ1v) is 11.6. The molecule has 1 aliphatic heterocycles. The van der Waals surface area contributed by atoms with Crippen molar-refractivity contribution < 1.29 is 19.4 Å². The largest absolute Gasteiger partial charge is 0.449 e. The molecule has 1 atom stereocenters. The fourth-order valence-corrected chi connectivity index (χ4v) is 4.23. The second kappa shape index (κ2) is 10.4. The van der Waals surface area contributed by atoms with Gasteiger partial charge in [0.05, 0.1) is 36.0 Å². The van der Waals surface area contributed by atoms with Gasteiger partial charge in [-0.2, -0.15) is 0 Å². The van der Waals surface area contributed by atoms with E-state index in [1.54, 1.807) is 29.2 Å². The summed E-state index contributed by atoms with van der Waals surface area (Å²) in [6.07, 6.45) is -0.363. The Kier molecular flexibility index (Phi) is 7.31. The molecule has 9 heteroatoms. The van der Waals surface area contributed by atoms with E-state index in [9.17, 15) is 14.7 Å². The van der Waals surface area contributed by atoms with E-state index >= 15 is 0 Å². The van der Waals surface area contributed by atoms with Gasteiger partial charge in [-0.05, 0) is 36.2 Å². The van der Waals surface area contributed by atoms with Gasteiger partial charge in [0.15, 0.2) is 0 Å². The monoisotopic (exact) mass is 482 g/mol. The van der Waals surface area contributed by atoms with Crippen molar-refractivity contribution in [2.24, 2.45) is 5.73 Å². The van der Waals surface area contributed by atoms with E-state index in [0.717, 1.165) is 22.9 Å². The summed E-state index contributed by atoms with van der Waals surface area (Å²) in [4.78, 5) is 33.2. The van der Waals surface area contributed by atoms with Gasteiger partial charge in [-0.15, -0.1) is 0 Å². The molecule has 1 saturated heterocycles. The van der Waals surface area contributed by atoms with E-state index in [1.165, 1.54) is 4.90 Å². The molecule has 0 unspecified atom stereocenters. The summed E-state index contributed by atoms with van der Waals surface area (Å²) in [5.41, 5.74) is 9.46. The predicted octanol–water partition coefficient (Wildman–Crippen LogP) is 3.64. The number of aromatic nitrogens is 1. The molecule has 0 aliphatic carbocycles. The third kappa shape index (κ3) is 4.99. The zero-order valence-corrected chi connectivity index (χ0v) is 19.7. The molecule has 1 aromatic heterocycles. The first kappa shape index (κ1) is 23.9. The number of amides is 2. The van der Waals surface area contributed by atoms with E-state index < -0.39 is 12.3 Å². The highest BCUT2D eigenvalue weighted by atomic mass is 35.5. The van der Waals surface area contributed by atoms with Crippen molar-refractivity contribution in [1.82, 2.24) is 14.8 Å². The summed E-state index contributed by atoms with van der Waals surface area (Å²) in [7, 11) is 0. The van der Waals surface area contributed by atoms with Gasteiger partial charge >= 0.3 is 6.09 Å². The molecule has 2 heterocycles. The number of ether oxygens (including phenoxy) is 1. The number of hydrogen-bond donors (Lipinski definition) is 2. The number of nitrogens with zero attached hydrogens (tertiary/aromatic N) is 3. The lowest BCUT2D eigenvalue weighted by atomic mass is 10.1. The first-order chi connectivity index (χ1) is 16.4. The number of benzene rings is 2. The van der Waals surface area contributed by atoms with Crippen molar-refractivity contribution in [3.63, 3.8) is 0 Å². The van der Waals surface area contributed by atoms with Crippen LogP contribution in [0.3, 0.4) is 0 Å². The van der Waals surface area contributed by atoms with Crippen molar-refractivity contribution in [3.05, 3.63) is 64.7 Å². The fraction of sp³-hybridized carbons (Fsp3) is 0.320. The van der Waals surface area contributed by atoms with Crippen LogP contribution in [0.4, 0.5) is 4.79 Å². The Bertz CT molecular complexity index is 1220. The average molecular weight is 483 g/mol. The fourth-order valence-electron chi connectivity index (χ4n) is 3.97. The molecule has 0 radical (unpaired) electrons. The van der Waals surface area contributed by atoms with E-state index in [1.807, 2.05) is 31.2 Å². The number of aliphatic hydroxyl groups excluding tert-OH is 1. The van der Waals surface area contributed by atoms with Gasteiger partial charge in [0.1, 0.15) is 6.17 Å². The van der Waals surface area contributed by atoms with Crippen LogP contribution in [0, 0.1) is 0 Å². The minimum atomic E-state index is -0.638. The van der Waals surface area contributed by atoms with E-state index in [4.69, 9.17) is 27.1 Å². The van der Waals surface area contributed by atoms with Crippen LogP contribution in [-0.2, 0) is 11.3 Å². The van der Waals surface area contributed by atoms with Gasteiger partial charge < -0.3 is 20.5 Å². The van der Waals surface area contributed by atoms with Gasteiger partial charge in [0, 0.05) is 29.6 Å². The van der Waals surface area contributed by atoms with Crippen LogP contribution in [0.25, 0.3) is 22.2 Å². The normalized spacial score (nSPS) is 16.1. The Morgan fingerprint density at radius 3 is 2.76 bits per heavy atom. The summed E-state index contributed by atoms with van der Waals surface area (Å²) >= 11 is 6.52. The second-order valence-electron chi connectivity index (χ2n) is 8.21. The molecule has 0 saturated carbocycles. The number of piperazine rings is 1. The second-order valence-corrected chi connectivity index (χ2v) is 8.61. The minimum Gasteiger partial charge on any atom is -0.449 e. The highest BCUT2D eigenvalue weighted by molar-refractivity contribution is 6.35. The Morgan fingerprint density at radius 2 is 2.03 bits per heavy atom. The summed E-state index contributed by atoms with van der Waals surface area (Å²) in [5, 5.41) is 10.7. The number of carbonyl (C=O) groups excluding carboxylic acids is 2. The SMILES string of the molecule is CCCOC(=O)N1CCN(C(=O)c2ccc3c(Cl)cc(-c4cccc(CO)c4)nc3c2)C[C@H]1N. The Labute approximate surface area is 202 Å². The van der Waals surface area contributed by atoms with E-state index in [-0.39, 0.29) is 19.1 Å². The maximum atomic E-state index is 13.2. The number of hydrogen-bond acceptors (Lipinski definition) is 6. The summed E-state index contributed by atoms with van der Waals surface area (Å²) in [6.45, 7) is 3.06. The first-order valence-electron chi connectivity index (χ1n) is 11.2. The highest BCUT2D eigenvalue weighted by Gasteiger charge is 2.31. The lowest BCUT2D eigenvalue weighted by Crippen LogP contribution is -2.60. The lowest BCUT2D eigenvalue weighted by Gasteiger charge is -2.38. The predicted molar refractivity (Wildman–Crippen MR) is 130 cm³/mol. The van der Waals surface area contributed by atoms with Crippen molar-refractivity contribution in [3.8, 4) is 11.3 Å². The molecule has 3 N–H and O–H groups in total. The lowest BCUT2D eigenvalue weighted by molar-refractivity contribution is 0.0390. The quantitative estimate of drug-likeness (QED) is 0.574. The molecule has 1 aliphatic rings. The van der Waals surface area contributed by atoms with Crippen LogP contribution in [0.15, 0.2) is 48.5 Å². The third-order valence-corrected chi connectivity index (χ3v) is 6.09. The Morgan fingerprint density at radius 1 is 1.21 bits per heavy atom. The number of pyridine rings is 1. The summed E-state index contributed by atoms with van der Waals surface area (Å²) < 4.78 is 5.17. The molecule has 8 nitrogen and oxygen atoms in total. The van der Waals surface area contributed by atoms with Crippen molar-refractivity contribution >= 4 is 34.5 Å².